The Morgan fingerprint density at radius 2 is 1.83 bits per heavy atom. The first-order valence-electron chi connectivity index (χ1n) is 6.15. The third-order valence-corrected chi connectivity index (χ3v) is 3.03. The molecule has 0 heterocycles. The average molecular weight is 256 g/mol. The van der Waals surface area contributed by atoms with Gasteiger partial charge in [0.15, 0.2) is 5.78 Å². The SMILES string of the molecule is CCC(CC)CC(=O)c1ccccc1OC(F)F. The molecule has 0 fully saturated rings. The zero-order chi connectivity index (χ0) is 13.5. The van der Waals surface area contributed by atoms with Crippen LogP contribution >= 0.6 is 0 Å². The van der Waals surface area contributed by atoms with E-state index in [-0.39, 0.29) is 23.0 Å². The number of ether oxygens (including phenoxy) is 1. The lowest BCUT2D eigenvalue weighted by atomic mass is 9.94. The minimum atomic E-state index is -2.91. The van der Waals surface area contributed by atoms with Crippen molar-refractivity contribution in [3.63, 3.8) is 0 Å². The van der Waals surface area contributed by atoms with Crippen LogP contribution in [-0.4, -0.2) is 12.4 Å². The number of rotatable bonds is 7. The molecule has 1 rings (SSSR count). The second kappa shape index (κ2) is 7.09. The Hall–Kier alpha value is -1.45. The second-order valence-electron chi connectivity index (χ2n) is 4.18. The zero-order valence-corrected chi connectivity index (χ0v) is 10.7. The summed E-state index contributed by atoms with van der Waals surface area (Å²) < 4.78 is 28.8. The van der Waals surface area contributed by atoms with Gasteiger partial charge in [-0.1, -0.05) is 38.8 Å². The Labute approximate surface area is 106 Å². The van der Waals surface area contributed by atoms with Crippen molar-refractivity contribution in [1.82, 2.24) is 0 Å². The van der Waals surface area contributed by atoms with Crippen molar-refractivity contribution < 1.29 is 18.3 Å². The predicted molar refractivity (Wildman–Crippen MR) is 66.1 cm³/mol. The number of hydrogen-bond acceptors (Lipinski definition) is 2. The molecule has 0 aromatic heterocycles. The second-order valence-corrected chi connectivity index (χ2v) is 4.18. The number of alkyl halides is 2. The van der Waals surface area contributed by atoms with E-state index >= 15 is 0 Å². The van der Waals surface area contributed by atoms with Gasteiger partial charge in [-0.3, -0.25) is 4.79 Å². The standard InChI is InChI=1S/C14H18F2O2/c1-3-10(4-2)9-12(17)11-7-5-6-8-13(11)18-14(15)16/h5-8,10,14H,3-4,9H2,1-2H3. The van der Waals surface area contributed by atoms with Gasteiger partial charge in [0.1, 0.15) is 5.75 Å². The first kappa shape index (κ1) is 14.6. The molecule has 0 N–H and O–H groups in total. The van der Waals surface area contributed by atoms with E-state index in [9.17, 15) is 13.6 Å². The molecule has 0 spiro atoms. The quantitative estimate of drug-likeness (QED) is 0.680. The summed E-state index contributed by atoms with van der Waals surface area (Å²) in [5, 5.41) is 0. The molecular weight excluding hydrogens is 238 g/mol. The van der Waals surface area contributed by atoms with Crippen LogP contribution in [0.3, 0.4) is 0 Å². The Morgan fingerprint density at radius 1 is 1.22 bits per heavy atom. The summed E-state index contributed by atoms with van der Waals surface area (Å²) in [6.07, 6.45) is 2.18. The van der Waals surface area contributed by atoms with E-state index in [1.165, 1.54) is 12.1 Å². The van der Waals surface area contributed by atoms with Crippen LogP contribution in [0.4, 0.5) is 8.78 Å². The van der Waals surface area contributed by atoms with Gasteiger partial charge in [-0.2, -0.15) is 8.78 Å². The summed E-state index contributed by atoms with van der Waals surface area (Å²) in [5.74, 6) is 0.112. The topological polar surface area (TPSA) is 26.3 Å². The molecule has 0 atom stereocenters. The Morgan fingerprint density at radius 3 is 2.39 bits per heavy atom. The van der Waals surface area contributed by atoms with Gasteiger partial charge < -0.3 is 4.74 Å². The predicted octanol–water partition coefficient (Wildman–Crippen LogP) is 4.30. The largest absolute Gasteiger partial charge is 0.434 e. The van der Waals surface area contributed by atoms with Crippen LogP contribution in [-0.2, 0) is 0 Å². The molecule has 0 aliphatic rings. The smallest absolute Gasteiger partial charge is 0.387 e. The molecule has 0 amide bonds. The van der Waals surface area contributed by atoms with Crippen molar-refractivity contribution in [3.8, 4) is 5.75 Å². The van der Waals surface area contributed by atoms with Crippen LogP contribution < -0.4 is 4.74 Å². The average Bonchev–Trinajstić information content (AvgIpc) is 2.35. The van der Waals surface area contributed by atoms with Gasteiger partial charge in [0.05, 0.1) is 5.56 Å². The summed E-state index contributed by atoms with van der Waals surface area (Å²) in [6, 6.07) is 6.15. The minimum Gasteiger partial charge on any atom is -0.434 e. The van der Waals surface area contributed by atoms with Crippen LogP contribution in [0.1, 0.15) is 43.5 Å². The van der Waals surface area contributed by atoms with E-state index in [0.717, 1.165) is 12.8 Å². The van der Waals surface area contributed by atoms with E-state index in [0.29, 0.717) is 6.42 Å². The molecular formula is C14H18F2O2. The fourth-order valence-electron chi connectivity index (χ4n) is 1.85. The fraction of sp³-hybridized carbons (Fsp3) is 0.500. The van der Waals surface area contributed by atoms with Crippen LogP contribution in [0.25, 0.3) is 0 Å². The van der Waals surface area contributed by atoms with Crippen LogP contribution in [0.15, 0.2) is 24.3 Å². The van der Waals surface area contributed by atoms with Gasteiger partial charge in [-0.05, 0) is 18.1 Å². The van der Waals surface area contributed by atoms with E-state index in [1.54, 1.807) is 12.1 Å². The number of carbonyl (C=O) groups is 1. The number of hydrogen-bond donors (Lipinski definition) is 0. The maximum absolute atomic E-state index is 12.2. The number of carbonyl (C=O) groups excluding carboxylic acids is 1. The molecule has 2 nitrogen and oxygen atoms in total. The highest BCUT2D eigenvalue weighted by Gasteiger charge is 2.17. The van der Waals surface area contributed by atoms with Gasteiger partial charge in [-0.25, -0.2) is 0 Å². The lowest BCUT2D eigenvalue weighted by Crippen LogP contribution is -2.11. The number of halogens is 2. The number of para-hydroxylation sites is 1. The lowest BCUT2D eigenvalue weighted by molar-refractivity contribution is -0.0501. The first-order chi connectivity index (χ1) is 8.58. The highest BCUT2D eigenvalue weighted by molar-refractivity contribution is 5.98. The fourth-order valence-corrected chi connectivity index (χ4v) is 1.85. The van der Waals surface area contributed by atoms with Gasteiger partial charge in [0.25, 0.3) is 0 Å². The van der Waals surface area contributed by atoms with Crippen molar-refractivity contribution in [3.05, 3.63) is 29.8 Å². The van der Waals surface area contributed by atoms with Crippen LogP contribution in [0.5, 0.6) is 5.75 Å². The van der Waals surface area contributed by atoms with E-state index in [2.05, 4.69) is 4.74 Å². The monoisotopic (exact) mass is 256 g/mol. The summed E-state index contributed by atoms with van der Waals surface area (Å²) >= 11 is 0. The molecule has 1 aromatic rings. The first-order valence-corrected chi connectivity index (χ1v) is 6.15. The van der Waals surface area contributed by atoms with Crippen molar-refractivity contribution in [2.75, 3.05) is 0 Å². The molecule has 18 heavy (non-hydrogen) atoms. The number of Topliss-reactive ketones (excluding diaryl/α,β-unsaturated/α-hetero) is 1. The lowest BCUT2D eigenvalue weighted by Gasteiger charge is -2.13. The van der Waals surface area contributed by atoms with Crippen molar-refractivity contribution >= 4 is 5.78 Å². The van der Waals surface area contributed by atoms with Gasteiger partial charge in [0.2, 0.25) is 0 Å². The van der Waals surface area contributed by atoms with Crippen LogP contribution in [0.2, 0.25) is 0 Å². The molecule has 4 heteroatoms. The van der Waals surface area contributed by atoms with Gasteiger partial charge >= 0.3 is 6.61 Å². The highest BCUT2D eigenvalue weighted by Crippen LogP contribution is 2.24. The van der Waals surface area contributed by atoms with Crippen molar-refractivity contribution in [2.24, 2.45) is 5.92 Å². The summed E-state index contributed by atoms with van der Waals surface area (Å²) in [6.45, 7) is 1.12. The Balaban J connectivity index is 2.84. The van der Waals surface area contributed by atoms with Gasteiger partial charge in [-0.15, -0.1) is 0 Å². The molecule has 0 unspecified atom stereocenters. The number of benzene rings is 1. The molecule has 0 saturated carbocycles. The summed E-state index contributed by atoms with van der Waals surface area (Å²) in [5.41, 5.74) is 0.240. The van der Waals surface area contributed by atoms with Crippen molar-refractivity contribution in [1.29, 1.82) is 0 Å². The molecule has 100 valence electrons. The van der Waals surface area contributed by atoms with Gasteiger partial charge in [0, 0.05) is 6.42 Å². The van der Waals surface area contributed by atoms with E-state index < -0.39 is 6.61 Å². The summed E-state index contributed by atoms with van der Waals surface area (Å²) in [4.78, 5) is 12.1. The molecule has 1 aromatic carbocycles. The highest BCUT2D eigenvalue weighted by atomic mass is 19.3. The molecule has 0 bridgehead atoms. The van der Waals surface area contributed by atoms with E-state index in [1.807, 2.05) is 13.8 Å². The molecule has 0 radical (unpaired) electrons. The maximum Gasteiger partial charge on any atom is 0.387 e. The minimum absolute atomic E-state index is 0.0385. The number of ketones is 1. The van der Waals surface area contributed by atoms with Crippen LogP contribution in [0, 0.1) is 5.92 Å². The molecule has 0 aliphatic carbocycles. The van der Waals surface area contributed by atoms with Crippen molar-refractivity contribution in [2.45, 2.75) is 39.7 Å². The Kier molecular flexibility index (Phi) is 5.75. The zero-order valence-electron chi connectivity index (χ0n) is 10.7. The summed E-state index contributed by atoms with van der Waals surface area (Å²) in [7, 11) is 0. The normalized spacial score (nSPS) is 11.0. The third-order valence-electron chi connectivity index (χ3n) is 3.03. The molecule has 0 saturated heterocycles. The van der Waals surface area contributed by atoms with E-state index in [4.69, 9.17) is 0 Å². The Bertz CT molecular complexity index is 387. The molecule has 0 aliphatic heterocycles. The maximum atomic E-state index is 12.2. The third kappa shape index (κ3) is 4.09.